The summed E-state index contributed by atoms with van der Waals surface area (Å²) in [6.07, 6.45) is 1.49. The predicted molar refractivity (Wildman–Crippen MR) is 122 cm³/mol. The number of aryl methyl sites for hydroxylation is 1. The molecule has 0 aliphatic carbocycles. The van der Waals surface area contributed by atoms with Gasteiger partial charge >= 0.3 is 0 Å². The van der Waals surface area contributed by atoms with Gasteiger partial charge in [-0.25, -0.2) is 4.21 Å². The molecule has 0 radical (unpaired) electrons. The van der Waals surface area contributed by atoms with Gasteiger partial charge in [0.2, 0.25) is 0 Å². The Morgan fingerprint density at radius 3 is 2.69 bits per heavy atom. The van der Waals surface area contributed by atoms with E-state index in [1.807, 2.05) is 42.6 Å². The number of benzene rings is 1. The third kappa shape index (κ3) is 5.18. The first-order valence-electron chi connectivity index (χ1n) is 8.85. The average Bonchev–Trinajstić information content (AvgIpc) is 3.15. The van der Waals surface area contributed by atoms with E-state index >= 15 is 0 Å². The number of hydrogen-bond acceptors (Lipinski definition) is 7. The first kappa shape index (κ1) is 21.8. The Hall–Kier alpha value is -1.91. The standard InChI is InChI=1S/C20H22N2O4S3/c1-12-17(16-8-11-27-19(16)20(24)22-12)18(13(2)23)14-4-6-15(7-5-14)28-21-9-10-26-29(3)25/h4-8,11,21,23H,9-10H2,1-3H3,(H,22,24)/b18-13+. The van der Waals surface area contributed by atoms with Crippen molar-refractivity contribution in [3.63, 3.8) is 0 Å². The fourth-order valence-electron chi connectivity index (χ4n) is 3.05. The van der Waals surface area contributed by atoms with E-state index in [0.717, 1.165) is 27.1 Å². The van der Waals surface area contributed by atoms with Gasteiger partial charge in [0.25, 0.3) is 5.56 Å². The summed E-state index contributed by atoms with van der Waals surface area (Å²) in [5.41, 5.74) is 3.01. The van der Waals surface area contributed by atoms with Gasteiger partial charge in [-0.3, -0.25) is 13.7 Å². The maximum Gasteiger partial charge on any atom is 0.266 e. The van der Waals surface area contributed by atoms with Crippen molar-refractivity contribution in [3.8, 4) is 0 Å². The van der Waals surface area contributed by atoms with Gasteiger partial charge in [-0.2, -0.15) is 0 Å². The summed E-state index contributed by atoms with van der Waals surface area (Å²) in [5, 5.41) is 13.2. The van der Waals surface area contributed by atoms with Crippen molar-refractivity contribution in [2.45, 2.75) is 18.7 Å². The highest BCUT2D eigenvalue weighted by Gasteiger charge is 2.18. The minimum atomic E-state index is -1.25. The second-order valence-corrected chi connectivity index (χ2v) is 9.24. The molecule has 2 aromatic heterocycles. The molecule has 154 valence electrons. The molecular formula is C20H22N2O4S3. The van der Waals surface area contributed by atoms with E-state index in [1.54, 1.807) is 6.92 Å². The van der Waals surface area contributed by atoms with Crippen LogP contribution in [-0.2, 0) is 15.3 Å². The number of aromatic amines is 1. The SMILES string of the molecule is C/C(O)=C(/c1ccc(SNCCOS(C)=O)cc1)c1c(C)[nH]c(=O)c2sccc12. The van der Waals surface area contributed by atoms with Crippen LogP contribution in [-0.4, -0.2) is 33.7 Å². The van der Waals surface area contributed by atoms with E-state index in [0.29, 0.717) is 23.4 Å². The number of rotatable bonds is 8. The van der Waals surface area contributed by atoms with Gasteiger partial charge in [0.1, 0.15) is 4.70 Å². The first-order valence-corrected chi connectivity index (χ1v) is 12.0. The van der Waals surface area contributed by atoms with Crippen LogP contribution < -0.4 is 10.3 Å². The molecule has 0 aliphatic rings. The number of thiophene rings is 1. The molecule has 1 atom stereocenters. The van der Waals surface area contributed by atoms with Gasteiger partial charge in [-0.05, 0) is 54.9 Å². The molecular weight excluding hydrogens is 428 g/mol. The molecule has 6 nitrogen and oxygen atoms in total. The van der Waals surface area contributed by atoms with Crippen LogP contribution in [0.1, 0.15) is 23.7 Å². The molecule has 0 saturated carbocycles. The molecule has 0 fully saturated rings. The number of pyridine rings is 1. The Morgan fingerprint density at radius 2 is 2.03 bits per heavy atom. The Bertz CT molecular complexity index is 1110. The van der Waals surface area contributed by atoms with Crippen LogP contribution in [0.25, 0.3) is 15.7 Å². The maximum absolute atomic E-state index is 12.2. The average molecular weight is 451 g/mol. The molecule has 1 aromatic carbocycles. The normalized spacial score (nSPS) is 13.5. The van der Waals surface area contributed by atoms with Gasteiger partial charge in [-0.15, -0.1) is 11.3 Å². The highest BCUT2D eigenvalue weighted by molar-refractivity contribution is 7.97. The van der Waals surface area contributed by atoms with Crippen molar-refractivity contribution >= 4 is 50.0 Å². The fourth-order valence-corrected chi connectivity index (χ4v) is 4.79. The van der Waals surface area contributed by atoms with Crippen LogP contribution in [0.4, 0.5) is 0 Å². The second-order valence-electron chi connectivity index (χ2n) is 6.32. The van der Waals surface area contributed by atoms with Crippen LogP contribution in [0.15, 0.2) is 51.2 Å². The third-order valence-electron chi connectivity index (χ3n) is 4.22. The number of nitrogens with one attached hydrogen (secondary N) is 2. The van der Waals surface area contributed by atoms with Crippen molar-refractivity contribution in [2.75, 3.05) is 19.4 Å². The van der Waals surface area contributed by atoms with Gasteiger partial charge < -0.3 is 10.1 Å². The lowest BCUT2D eigenvalue weighted by molar-refractivity contribution is 0.357. The van der Waals surface area contributed by atoms with Crippen LogP contribution in [0.2, 0.25) is 0 Å². The quantitative estimate of drug-likeness (QED) is 0.271. The van der Waals surface area contributed by atoms with Crippen molar-refractivity contribution < 1.29 is 13.5 Å². The van der Waals surface area contributed by atoms with Gasteiger partial charge in [0, 0.05) is 39.9 Å². The van der Waals surface area contributed by atoms with Crippen LogP contribution in [0.5, 0.6) is 0 Å². The minimum absolute atomic E-state index is 0.111. The molecule has 3 rings (SSSR count). The van der Waals surface area contributed by atoms with E-state index in [2.05, 4.69) is 9.71 Å². The van der Waals surface area contributed by atoms with E-state index in [9.17, 15) is 14.1 Å². The minimum Gasteiger partial charge on any atom is -0.512 e. The zero-order valence-corrected chi connectivity index (χ0v) is 18.7. The van der Waals surface area contributed by atoms with E-state index < -0.39 is 11.1 Å². The Kier molecular flexibility index (Phi) is 7.31. The van der Waals surface area contributed by atoms with Crippen molar-refractivity contribution in [1.82, 2.24) is 9.71 Å². The lowest BCUT2D eigenvalue weighted by Gasteiger charge is -2.14. The number of fused-ring (bicyclic) bond motifs is 1. The van der Waals surface area contributed by atoms with Crippen LogP contribution >= 0.6 is 23.3 Å². The number of allylic oxidation sites excluding steroid dienone is 1. The van der Waals surface area contributed by atoms with Crippen molar-refractivity contribution in [3.05, 3.63) is 68.6 Å². The number of aromatic nitrogens is 1. The molecule has 0 aliphatic heterocycles. The van der Waals surface area contributed by atoms with Crippen LogP contribution in [0, 0.1) is 6.92 Å². The van der Waals surface area contributed by atoms with E-state index in [4.69, 9.17) is 4.18 Å². The maximum atomic E-state index is 12.2. The number of aliphatic hydroxyl groups excluding tert-OH is 1. The van der Waals surface area contributed by atoms with Gasteiger partial charge in [-0.1, -0.05) is 12.1 Å². The Morgan fingerprint density at radius 1 is 1.31 bits per heavy atom. The van der Waals surface area contributed by atoms with Crippen molar-refractivity contribution in [1.29, 1.82) is 0 Å². The molecule has 29 heavy (non-hydrogen) atoms. The molecule has 0 spiro atoms. The third-order valence-corrected chi connectivity index (χ3v) is 6.48. The second kappa shape index (κ2) is 9.73. The zero-order chi connectivity index (χ0) is 21.0. The van der Waals surface area contributed by atoms with E-state index in [1.165, 1.54) is 29.5 Å². The summed E-state index contributed by atoms with van der Waals surface area (Å²) in [7, 11) is 0. The highest BCUT2D eigenvalue weighted by atomic mass is 32.2. The molecule has 0 bridgehead atoms. The molecule has 0 saturated heterocycles. The largest absolute Gasteiger partial charge is 0.512 e. The predicted octanol–water partition coefficient (Wildman–Crippen LogP) is 4.14. The highest BCUT2D eigenvalue weighted by Crippen LogP contribution is 2.34. The monoisotopic (exact) mass is 450 g/mol. The van der Waals surface area contributed by atoms with Gasteiger partial charge in [0.05, 0.1) is 12.4 Å². The molecule has 1 unspecified atom stereocenters. The van der Waals surface area contributed by atoms with Gasteiger partial charge in [0.15, 0.2) is 11.1 Å². The summed E-state index contributed by atoms with van der Waals surface area (Å²) >= 11 is 1.59. The molecule has 3 N–H and O–H groups in total. The molecule has 9 heteroatoms. The first-order chi connectivity index (χ1) is 13.9. The summed E-state index contributed by atoms with van der Waals surface area (Å²) < 4.78 is 19.7. The fraction of sp³-hybridized carbons (Fsp3) is 0.250. The molecule has 0 amide bonds. The molecule has 3 aromatic rings. The summed E-state index contributed by atoms with van der Waals surface area (Å²) in [5.74, 6) is 0.191. The smallest absolute Gasteiger partial charge is 0.266 e. The Balaban J connectivity index is 1.85. The lowest BCUT2D eigenvalue weighted by Crippen LogP contribution is -2.13. The summed E-state index contributed by atoms with van der Waals surface area (Å²) in [6, 6.07) is 9.72. The Labute approximate surface area is 179 Å². The number of H-pyrrole nitrogens is 1. The lowest BCUT2D eigenvalue weighted by atomic mass is 9.93. The number of aliphatic hydroxyl groups is 1. The zero-order valence-electron chi connectivity index (χ0n) is 16.3. The van der Waals surface area contributed by atoms with Crippen molar-refractivity contribution in [2.24, 2.45) is 0 Å². The molecule has 2 heterocycles. The topological polar surface area (TPSA) is 91.4 Å². The summed E-state index contributed by atoms with van der Waals surface area (Å²) in [6.45, 7) is 4.43. The van der Waals surface area contributed by atoms with E-state index in [-0.39, 0.29) is 11.3 Å². The number of hydrogen-bond donors (Lipinski definition) is 3. The summed E-state index contributed by atoms with van der Waals surface area (Å²) in [4.78, 5) is 16.1. The van der Waals surface area contributed by atoms with Crippen LogP contribution in [0.3, 0.4) is 0 Å².